The standard InChI is InChI=1S/C13H14ClNO2S/c1-17-13-5-2-9(8-15-13)6-10(16)7-11-3-4-12(14)18-11/h2-5,8,10,16H,6-7H2,1H3. The van der Waals surface area contributed by atoms with Crippen LogP contribution in [-0.4, -0.2) is 23.3 Å². The summed E-state index contributed by atoms with van der Waals surface area (Å²) in [7, 11) is 1.58. The lowest BCUT2D eigenvalue weighted by atomic mass is 10.1. The molecular formula is C13H14ClNO2S. The predicted molar refractivity (Wildman–Crippen MR) is 73.5 cm³/mol. The smallest absolute Gasteiger partial charge is 0.212 e. The summed E-state index contributed by atoms with van der Waals surface area (Å²) in [5, 5.41) is 10.00. The van der Waals surface area contributed by atoms with E-state index in [9.17, 15) is 5.11 Å². The Balaban J connectivity index is 1.91. The number of hydrogen-bond donors (Lipinski definition) is 1. The van der Waals surface area contributed by atoms with E-state index in [2.05, 4.69) is 4.98 Å². The van der Waals surface area contributed by atoms with Gasteiger partial charge in [-0.25, -0.2) is 4.98 Å². The highest BCUT2D eigenvalue weighted by atomic mass is 35.5. The molecule has 2 rings (SSSR count). The second kappa shape index (κ2) is 6.18. The van der Waals surface area contributed by atoms with E-state index in [0.29, 0.717) is 18.7 Å². The highest BCUT2D eigenvalue weighted by molar-refractivity contribution is 7.16. The Morgan fingerprint density at radius 3 is 2.72 bits per heavy atom. The lowest BCUT2D eigenvalue weighted by molar-refractivity contribution is 0.176. The van der Waals surface area contributed by atoms with Crippen LogP contribution in [0.4, 0.5) is 0 Å². The van der Waals surface area contributed by atoms with E-state index in [1.54, 1.807) is 19.4 Å². The molecule has 0 amide bonds. The number of methoxy groups -OCH3 is 1. The summed E-state index contributed by atoms with van der Waals surface area (Å²) in [6.45, 7) is 0. The number of pyridine rings is 1. The lowest BCUT2D eigenvalue weighted by Gasteiger charge is -2.09. The highest BCUT2D eigenvalue weighted by Crippen LogP contribution is 2.23. The normalized spacial score (nSPS) is 12.4. The minimum Gasteiger partial charge on any atom is -0.481 e. The van der Waals surface area contributed by atoms with Crippen LogP contribution < -0.4 is 4.74 Å². The van der Waals surface area contributed by atoms with E-state index in [4.69, 9.17) is 16.3 Å². The van der Waals surface area contributed by atoms with Crippen LogP contribution >= 0.6 is 22.9 Å². The summed E-state index contributed by atoms with van der Waals surface area (Å²) in [6, 6.07) is 7.51. The zero-order valence-corrected chi connectivity index (χ0v) is 11.5. The second-order valence-electron chi connectivity index (χ2n) is 3.98. The molecule has 0 fully saturated rings. The van der Waals surface area contributed by atoms with Crippen molar-refractivity contribution in [3.05, 3.63) is 45.2 Å². The van der Waals surface area contributed by atoms with Crippen LogP contribution in [0, 0.1) is 0 Å². The molecule has 0 aliphatic carbocycles. The number of ether oxygens (including phenoxy) is 1. The summed E-state index contributed by atoms with van der Waals surface area (Å²) in [6.07, 6.45) is 2.49. The molecule has 0 spiro atoms. The van der Waals surface area contributed by atoms with Gasteiger partial charge in [-0.15, -0.1) is 11.3 Å². The number of halogens is 1. The molecule has 0 bridgehead atoms. The highest BCUT2D eigenvalue weighted by Gasteiger charge is 2.09. The Bertz CT molecular complexity index is 498. The number of rotatable bonds is 5. The van der Waals surface area contributed by atoms with Gasteiger partial charge in [-0.1, -0.05) is 17.7 Å². The first-order chi connectivity index (χ1) is 8.67. The summed E-state index contributed by atoms with van der Waals surface area (Å²) >= 11 is 7.35. The molecule has 1 unspecified atom stereocenters. The third kappa shape index (κ3) is 3.70. The van der Waals surface area contributed by atoms with Crippen molar-refractivity contribution in [1.29, 1.82) is 0 Å². The quantitative estimate of drug-likeness (QED) is 0.917. The maximum Gasteiger partial charge on any atom is 0.212 e. The van der Waals surface area contributed by atoms with Crippen LogP contribution in [0.15, 0.2) is 30.5 Å². The number of nitrogens with zero attached hydrogens (tertiary/aromatic N) is 1. The molecule has 0 radical (unpaired) electrons. The van der Waals surface area contributed by atoms with E-state index >= 15 is 0 Å². The molecule has 1 N–H and O–H groups in total. The third-order valence-corrected chi connectivity index (χ3v) is 3.80. The molecule has 0 aliphatic heterocycles. The maximum atomic E-state index is 10.00. The molecule has 96 valence electrons. The molecule has 3 nitrogen and oxygen atoms in total. The fourth-order valence-corrected chi connectivity index (χ4v) is 2.85. The summed E-state index contributed by atoms with van der Waals surface area (Å²) < 4.78 is 5.74. The Kier molecular flexibility index (Phi) is 4.58. The van der Waals surface area contributed by atoms with Crippen LogP contribution in [0.2, 0.25) is 4.34 Å². The van der Waals surface area contributed by atoms with E-state index in [-0.39, 0.29) is 0 Å². The molecule has 0 aliphatic rings. The first-order valence-corrected chi connectivity index (χ1v) is 6.78. The molecular weight excluding hydrogens is 270 g/mol. The van der Waals surface area contributed by atoms with Gasteiger partial charge in [-0.2, -0.15) is 0 Å². The number of aliphatic hydroxyl groups is 1. The Hall–Kier alpha value is -1.10. The van der Waals surface area contributed by atoms with Gasteiger partial charge in [0.2, 0.25) is 5.88 Å². The summed E-state index contributed by atoms with van der Waals surface area (Å²) in [5.41, 5.74) is 0.992. The first kappa shape index (κ1) is 13.3. The van der Waals surface area contributed by atoms with Crippen LogP contribution in [0.3, 0.4) is 0 Å². The van der Waals surface area contributed by atoms with Gasteiger partial charge >= 0.3 is 0 Å². The zero-order chi connectivity index (χ0) is 13.0. The van der Waals surface area contributed by atoms with Crippen LogP contribution in [0.5, 0.6) is 5.88 Å². The maximum absolute atomic E-state index is 10.00. The minimum absolute atomic E-state index is 0.421. The molecule has 0 saturated carbocycles. The fourth-order valence-electron chi connectivity index (χ4n) is 1.69. The Labute approximate surface area is 115 Å². The van der Waals surface area contributed by atoms with Gasteiger partial charge in [0.05, 0.1) is 17.6 Å². The fraction of sp³-hybridized carbons (Fsp3) is 0.308. The number of thiophene rings is 1. The van der Waals surface area contributed by atoms with Crippen molar-refractivity contribution in [1.82, 2.24) is 4.98 Å². The number of aliphatic hydroxyl groups excluding tert-OH is 1. The van der Waals surface area contributed by atoms with Gasteiger partial charge in [0.25, 0.3) is 0 Å². The van der Waals surface area contributed by atoms with E-state index in [1.807, 2.05) is 18.2 Å². The molecule has 2 aromatic rings. The molecule has 18 heavy (non-hydrogen) atoms. The molecule has 5 heteroatoms. The SMILES string of the molecule is COc1ccc(CC(O)Cc2ccc(Cl)s2)cn1. The number of hydrogen-bond acceptors (Lipinski definition) is 4. The second-order valence-corrected chi connectivity index (χ2v) is 5.78. The lowest BCUT2D eigenvalue weighted by Crippen LogP contribution is -2.13. The molecule has 0 aromatic carbocycles. The van der Waals surface area contributed by atoms with Crippen molar-refractivity contribution in [3.8, 4) is 5.88 Å². The van der Waals surface area contributed by atoms with Crippen molar-refractivity contribution in [2.75, 3.05) is 7.11 Å². The Morgan fingerprint density at radius 1 is 1.33 bits per heavy atom. The van der Waals surface area contributed by atoms with Gasteiger partial charge in [0.15, 0.2) is 0 Å². The zero-order valence-electron chi connectivity index (χ0n) is 9.97. The summed E-state index contributed by atoms with van der Waals surface area (Å²) in [4.78, 5) is 5.20. The van der Waals surface area contributed by atoms with Crippen molar-refractivity contribution in [2.24, 2.45) is 0 Å². The van der Waals surface area contributed by atoms with Crippen LogP contribution in [-0.2, 0) is 12.8 Å². The van der Waals surface area contributed by atoms with Gasteiger partial charge in [-0.05, 0) is 17.7 Å². The third-order valence-electron chi connectivity index (χ3n) is 2.54. The topological polar surface area (TPSA) is 42.4 Å². The van der Waals surface area contributed by atoms with Crippen molar-refractivity contribution >= 4 is 22.9 Å². The van der Waals surface area contributed by atoms with E-state index in [0.717, 1.165) is 14.8 Å². The van der Waals surface area contributed by atoms with Gasteiger partial charge in [0.1, 0.15) is 0 Å². The van der Waals surface area contributed by atoms with Crippen LogP contribution in [0.25, 0.3) is 0 Å². The number of aromatic nitrogens is 1. The predicted octanol–water partition coefficient (Wildman–Crippen LogP) is 2.95. The van der Waals surface area contributed by atoms with E-state index in [1.165, 1.54) is 11.3 Å². The summed E-state index contributed by atoms with van der Waals surface area (Å²) in [5.74, 6) is 0.582. The molecule has 2 heterocycles. The largest absolute Gasteiger partial charge is 0.481 e. The minimum atomic E-state index is -0.421. The Morgan fingerprint density at radius 2 is 2.17 bits per heavy atom. The van der Waals surface area contributed by atoms with Crippen molar-refractivity contribution < 1.29 is 9.84 Å². The molecule has 1 atom stereocenters. The molecule has 0 saturated heterocycles. The van der Waals surface area contributed by atoms with Crippen LogP contribution in [0.1, 0.15) is 10.4 Å². The van der Waals surface area contributed by atoms with E-state index < -0.39 is 6.10 Å². The van der Waals surface area contributed by atoms with Gasteiger partial charge < -0.3 is 9.84 Å². The molecule has 2 aromatic heterocycles. The van der Waals surface area contributed by atoms with Gasteiger partial charge in [-0.3, -0.25) is 0 Å². The average Bonchev–Trinajstić information content (AvgIpc) is 2.75. The monoisotopic (exact) mass is 283 g/mol. The first-order valence-electron chi connectivity index (χ1n) is 5.58. The van der Waals surface area contributed by atoms with Gasteiger partial charge in [0, 0.05) is 30.0 Å². The van der Waals surface area contributed by atoms with Crippen molar-refractivity contribution in [2.45, 2.75) is 18.9 Å². The van der Waals surface area contributed by atoms with Crippen molar-refractivity contribution in [3.63, 3.8) is 0 Å². The average molecular weight is 284 g/mol.